The van der Waals surface area contributed by atoms with Crippen LogP contribution in [0.3, 0.4) is 0 Å². The molecule has 0 aliphatic carbocycles. The minimum atomic E-state index is -0.266. The SMILES string of the molecule is CC(C)(C)c1ccc(C(=O)NCC(=O)NCc2ccccc2Cn2cncn2)cc1. The van der Waals surface area contributed by atoms with E-state index < -0.39 is 0 Å². The molecular formula is C23H27N5O2. The topological polar surface area (TPSA) is 88.9 Å². The first-order valence-corrected chi connectivity index (χ1v) is 9.87. The molecule has 0 saturated heterocycles. The van der Waals surface area contributed by atoms with Crippen molar-refractivity contribution in [3.63, 3.8) is 0 Å². The van der Waals surface area contributed by atoms with E-state index in [0.717, 1.165) is 16.7 Å². The Labute approximate surface area is 176 Å². The first-order chi connectivity index (χ1) is 14.3. The molecule has 7 nitrogen and oxygen atoms in total. The maximum atomic E-state index is 12.3. The molecule has 0 aliphatic rings. The number of hydrogen-bond donors (Lipinski definition) is 2. The van der Waals surface area contributed by atoms with Crippen molar-refractivity contribution in [3.05, 3.63) is 83.4 Å². The normalized spacial score (nSPS) is 11.2. The van der Waals surface area contributed by atoms with Gasteiger partial charge in [-0.2, -0.15) is 5.10 Å². The molecule has 2 amide bonds. The van der Waals surface area contributed by atoms with Crippen LogP contribution in [0.1, 0.15) is 47.8 Å². The molecule has 3 rings (SSSR count). The molecule has 0 saturated carbocycles. The van der Waals surface area contributed by atoms with E-state index in [9.17, 15) is 9.59 Å². The van der Waals surface area contributed by atoms with Gasteiger partial charge in [0.15, 0.2) is 0 Å². The van der Waals surface area contributed by atoms with E-state index in [2.05, 4.69) is 41.5 Å². The van der Waals surface area contributed by atoms with Gasteiger partial charge in [0, 0.05) is 12.1 Å². The lowest BCUT2D eigenvalue weighted by molar-refractivity contribution is -0.120. The Morgan fingerprint density at radius 3 is 2.30 bits per heavy atom. The Morgan fingerprint density at radius 1 is 0.967 bits per heavy atom. The monoisotopic (exact) mass is 405 g/mol. The minimum absolute atomic E-state index is 0.0269. The van der Waals surface area contributed by atoms with Crippen LogP contribution in [0.5, 0.6) is 0 Å². The van der Waals surface area contributed by atoms with E-state index in [1.807, 2.05) is 36.4 Å². The summed E-state index contributed by atoms with van der Waals surface area (Å²) in [6.07, 6.45) is 3.14. The van der Waals surface area contributed by atoms with Crippen molar-refractivity contribution in [1.82, 2.24) is 25.4 Å². The molecule has 30 heavy (non-hydrogen) atoms. The zero-order chi connectivity index (χ0) is 21.6. The number of aromatic nitrogens is 3. The zero-order valence-electron chi connectivity index (χ0n) is 17.6. The molecule has 7 heteroatoms. The molecule has 3 aromatic rings. The average molecular weight is 406 g/mol. The van der Waals surface area contributed by atoms with Crippen LogP contribution < -0.4 is 10.6 Å². The molecule has 0 aliphatic heterocycles. The van der Waals surface area contributed by atoms with E-state index in [1.54, 1.807) is 23.1 Å². The van der Waals surface area contributed by atoms with Gasteiger partial charge >= 0.3 is 0 Å². The van der Waals surface area contributed by atoms with Crippen LogP contribution in [-0.4, -0.2) is 33.1 Å². The van der Waals surface area contributed by atoms with Crippen LogP contribution in [0.25, 0.3) is 0 Å². The van der Waals surface area contributed by atoms with Gasteiger partial charge in [-0.1, -0.05) is 57.2 Å². The number of benzene rings is 2. The Hall–Kier alpha value is -3.48. The van der Waals surface area contributed by atoms with Crippen molar-refractivity contribution in [1.29, 1.82) is 0 Å². The number of carbonyl (C=O) groups excluding carboxylic acids is 2. The second-order valence-electron chi connectivity index (χ2n) is 8.15. The summed E-state index contributed by atoms with van der Waals surface area (Å²) in [7, 11) is 0. The highest BCUT2D eigenvalue weighted by Crippen LogP contribution is 2.22. The molecule has 1 aromatic heterocycles. The predicted molar refractivity (Wildman–Crippen MR) is 115 cm³/mol. The van der Waals surface area contributed by atoms with Crippen LogP contribution in [-0.2, 0) is 23.3 Å². The van der Waals surface area contributed by atoms with Crippen LogP contribution in [0.2, 0.25) is 0 Å². The fourth-order valence-corrected chi connectivity index (χ4v) is 3.01. The minimum Gasteiger partial charge on any atom is -0.350 e. The third kappa shape index (κ3) is 5.76. The Bertz CT molecular complexity index is 989. The summed E-state index contributed by atoms with van der Waals surface area (Å²) in [6, 6.07) is 15.3. The van der Waals surface area contributed by atoms with E-state index >= 15 is 0 Å². The number of carbonyl (C=O) groups is 2. The number of rotatable bonds is 7. The van der Waals surface area contributed by atoms with Gasteiger partial charge in [-0.15, -0.1) is 0 Å². The van der Waals surface area contributed by atoms with Crippen molar-refractivity contribution in [2.24, 2.45) is 0 Å². The van der Waals surface area contributed by atoms with Crippen molar-refractivity contribution in [2.45, 2.75) is 39.3 Å². The summed E-state index contributed by atoms with van der Waals surface area (Å²) < 4.78 is 1.73. The fourth-order valence-electron chi connectivity index (χ4n) is 3.01. The highest BCUT2D eigenvalue weighted by atomic mass is 16.2. The molecule has 0 bridgehead atoms. The first-order valence-electron chi connectivity index (χ1n) is 9.87. The number of nitrogens with zero attached hydrogens (tertiary/aromatic N) is 3. The molecule has 0 radical (unpaired) electrons. The lowest BCUT2D eigenvalue weighted by Gasteiger charge is -2.19. The molecule has 0 spiro atoms. The van der Waals surface area contributed by atoms with Gasteiger partial charge in [0.2, 0.25) is 5.91 Å². The molecular weight excluding hydrogens is 378 g/mol. The van der Waals surface area contributed by atoms with Gasteiger partial charge in [0.1, 0.15) is 12.7 Å². The predicted octanol–water partition coefficient (Wildman–Crippen LogP) is 2.67. The quantitative estimate of drug-likeness (QED) is 0.632. The van der Waals surface area contributed by atoms with Gasteiger partial charge in [0.05, 0.1) is 13.1 Å². The van der Waals surface area contributed by atoms with Gasteiger partial charge in [-0.25, -0.2) is 9.67 Å². The van der Waals surface area contributed by atoms with E-state index in [4.69, 9.17) is 0 Å². The largest absolute Gasteiger partial charge is 0.350 e. The molecule has 156 valence electrons. The summed E-state index contributed by atoms with van der Waals surface area (Å²) in [5, 5.41) is 9.64. The maximum Gasteiger partial charge on any atom is 0.251 e. The summed E-state index contributed by atoms with van der Waals surface area (Å²) in [4.78, 5) is 28.5. The molecule has 0 fully saturated rings. The Balaban J connectivity index is 1.50. The Morgan fingerprint density at radius 2 is 1.67 bits per heavy atom. The smallest absolute Gasteiger partial charge is 0.251 e. The van der Waals surface area contributed by atoms with Gasteiger partial charge < -0.3 is 10.6 Å². The summed E-state index contributed by atoms with van der Waals surface area (Å²) in [5.41, 5.74) is 3.76. The third-order valence-electron chi connectivity index (χ3n) is 4.82. The third-order valence-corrected chi connectivity index (χ3v) is 4.82. The van der Waals surface area contributed by atoms with Gasteiger partial charge in [-0.3, -0.25) is 9.59 Å². The molecule has 0 atom stereocenters. The zero-order valence-corrected chi connectivity index (χ0v) is 17.6. The summed E-state index contributed by atoms with van der Waals surface area (Å²) in [5.74, 6) is -0.512. The molecule has 1 heterocycles. The van der Waals surface area contributed by atoms with Crippen LogP contribution in [0.4, 0.5) is 0 Å². The highest BCUT2D eigenvalue weighted by molar-refractivity contribution is 5.96. The van der Waals surface area contributed by atoms with E-state index in [-0.39, 0.29) is 23.8 Å². The van der Waals surface area contributed by atoms with Crippen molar-refractivity contribution >= 4 is 11.8 Å². The summed E-state index contributed by atoms with van der Waals surface area (Å²) >= 11 is 0. The number of nitrogens with one attached hydrogen (secondary N) is 2. The number of hydrogen-bond acceptors (Lipinski definition) is 4. The second kappa shape index (κ2) is 9.35. The van der Waals surface area contributed by atoms with Gasteiger partial charge in [0.25, 0.3) is 5.91 Å². The standard InChI is InChI=1S/C23H27N5O2/c1-23(2,3)20-10-8-17(9-11-20)22(30)26-13-21(29)25-12-18-6-4-5-7-19(18)14-28-16-24-15-27-28/h4-11,15-16H,12-14H2,1-3H3,(H,25,29)(H,26,30). The van der Waals surface area contributed by atoms with Gasteiger partial charge in [-0.05, 0) is 34.2 Å². The average Bonchev–Trinajstić information content (AvgIpc) is 3.24. The maximum absolute atomic E-state index is 12.3. The lowest BCUT2D eigenvalue weighted by Crippen LogP contribution is -2.36. The lowest BCUT2D eigenvalue weighted by atomic mass is 9.87. The van der Waals surface area contributed by atoms with Crippen molar-refractivity contribution in [3.8, 4) is 0 Å². The Kier molecular flexibility index (Phi) is 6.61. The second-order valence-corrected chi connectivity index (χ2v) is 8.15. The first kappa shape index (κ1) is 21.2. The van der Waals surface area contributed by atoms with Crippen molar-refractivity contribution < 1.29 is 9.59 Å². The molecule has 2 aromatic carbocycles. The van der Waals surface area contributed by atoms with Crippen LogP contribution in [0, 0.1) is 0 Å². The number of amides is 2. The highest BCUT2D eigenvalue weighted by Gasteiger charge is 2.14. The van der Waals surface area contributed by atoms with E-state index in [0.29, 0.717) is 18.7 Å². The van der Waals surface area contributed by atoms with E-state index in [1.165, 1.54) is 6.33 Å². The fraction of sp³-hybridized carbons (Fsp3) is 0.304. The van der Waals surface area contributed by atoms with Crippen molar-refractivity contribution in [2.75, 3.05) is 6.54 Å². The molecule has 2 N–H and O–H groups in total. The van der Waals surface area contributed by atoms with Crippen LogP contribution >= 0.6 is 0 Å². The molecule has 0 unspecified atom stereocenters. The van der Waals surface area contributed by atoms with Crippen LogP contribution in [0.15, 0.2) is 61.2 Å². The summed E-state index contributed by atoms with van der Waals surface area (Å²) in [6.45, 7) is 7.24.